The Kier molecular flexibility index (Phi) is 3.25. The molecule has 0 unspecified atom stereocenters. The third kappa shape index (κ3) is 2.49. The molecule has 0 saturated carbocycles. The third-order valence-corrected chi connectivity index (χ3v) is 4.40. The van der Waals surface area contributed by atoms with Gasteiger partial charge in [0.15, 0.2) is 5.13 Å². The fourth-order valence-corrected chi connectivity index (χ4v) is 3.09. The molecular weight excluding hydrogens is 254 g/mol. The van der Waals surface area contributed by atoms with Crippen LogP contribution in [0.5, 0.6) is 0 Å². The molecule has 4 heteroatoms. The molecule has 2 N–H and O–H groups in total. The normalized spacial score (nSPS) is 15.9. The minimum Gasteiger partial charge on any atom is -0.399 e. The molecule has 1 aromatic heterocycles. The van der Waals surface area contributed by atoms with Gasteiger partial charge in [-0.2, -0.15) is 0 Å². The van der Waals surface area contributed by atoms with Gasteiger partial charge in [-0.1, -0.05) is 17.7 Å². The van der Waals surface area contributed by atoms with Crippen LogP contribution in [0.2, 0.25) is 0 Å². The van der Waals surface area contributed by atoms with Crippen molar-refractivity contribution in [3.05, 3.63) is 47.0 Å². The minimum atomic E-state index is 0.814. The molecule has 0 fully saturated rings. The number of thiazole rings is 1. The summed E-state index contributed by atoms with van der Waals surface area (Å²) in [6.07, 6.45) is 2.97. The Morgan fingerprint density at radius 3 is 2.74 bits per heavy atom. The van der Waals surface area contributed by atoms with Gasteiger partial charge in [0.05, 0.1) is 0 Å². The molecule has 1 aliphatic heterocycles. The smallest absolute Gasteiger partial charge is 0.185 e. The average Bonchev–Trinajstić information content (AvgIpc) is 2.94. The maximum atomic E-state index is 5.76. The summed E-state index contributed by atoms with van der Waals surface area (Å²) in [4.78, 5) is 6.76. The molecule has 0 atom stereocenters. The Morgan fingerprint density at radius 2 is 2.05 bits per heavy atom. The molecule has 3 rings (SSSR count). The highest BCUT2D eigenvalue weighted by atomic mass is 32.1. The van der Waals surface area contributed by atoms with E-state index < -0.39 is 0 Å². The zero-order valence-electron chi connectivity index (χ0n) is 11.0. The summed E-state index contributed by atoms with van der Waals surface area (Å²) in [5, 5.41) is 3.14. The van der Waals surface area contributed by atoms with Gasteiger partial charge in [-0.3, -0.25) is 0 Å². The number of benzene rings is 1. The van der Waals surface area contributed by atoms with Crippen LogP contribution in [0.3, 0.4) is 0 Å². The van der Waals surface area contributed by atoms with Gasteiger partial charge < -0.3 is 10.6 Å². The number of nitrogens with two attached hydrogens (primary N) is 1. The highest BCUT2D eigenvalue weighted by Crippen LogP contribution is 2.30. The van der Waals surface area contributed by atoms with Crippen LogP contribution in [0.4, 0.5) is 10.8 Å². The number of nitrogens with zero attached hydrogens (tertiary/aromatic N) is 2. The molecule has 0 bridgehead atoms. The highest BCUT2D eigenvalue weighted by Gasteiger charge is 2.19. The van der Waals surface area contributed by atoms with Gasteiger partial charge in [0.25, 0.3) is 0 Å². The third-order valence-electron chi connectivity index (χ3n) is 3.57. The molecule has 0 spiro atoms. The largest absolute Gasteiger partial charge is 0.399 e. The molecule has 0 aliphatic carbocycles. The first-order valence-electron chi connectivity index (χ1n) is 6.43. The number of hydrogen-bond acceptors (Lipinski definition) is 4. The van der Waals surface area contributed by atoms with Crippen LogP contribution in [0.1, 0.15) is 18.9 Å². The van der Waals surface area contributed by atoms with Crippen molar-refractivity contribution in [1.82, 2.24) is 4.98 Å². The number of aromatic nitrogens is 1. The Hall–Kier alpha value is -1.81. The second-order valence-electron chi connectivity index (χ2n) is 4.87. The van der Waals surface area contributed by atoms with Crippen LogP contribution < -0.4 is 10.6 Å². The molecule has 3 nitrogen and oxygen atoms in total. The Bertz CT molecular complexity index is 584. The van der Waals surface area contributed by atoms with Crippen LogP contribution in [0.25, 0.3) is 5.57 Å². The van der Waals surface area contributed by atoms with Crippen LogP contribution in [-0.2, 0) is 0 Å². The van der Waals surface area contributed by atoms with E-state index >= 15 is 0 Å². The summed E-state index contributed by atoms with van der Waals surface area (Å²) >= 11 is 1.70. The molecule has 0 amide bonds. The minimum absolute atomic E-state index is 0.814. The van der Waals surface area contributed by atoms with Crippen molar-refractivity contribution in [3.8, 4) is 0 Å². The van der Waals surface area contributed by atoms with Crippen LogP contribution in [0.15, 0.2) is 41.4 Å². The molecule has 1 aromatic carbocycles. The van der Waals surface area contributed by atoms with Gasteiger partial charge in [-0.05, 0) is 36.6 Å². The first-order valence-corrected chi connectivity index (χ1v) is 7.31. The lowest BCUT2D eigenvalue weighted by molar-refractivity contribution is 0.796. The van der Waals surface area contributed by atoms with Gasteiger partial charge in [-0.25, -0.2) is 4.98 Å². The van der Waals surface area contributed by atoms with E-state index in [2.05, 4.69) is 28.9 Å². The van der Waals surface area contributed by atoms with E-state index in [1.165, 1.54) is 16.7 Å². The zero-order chi connectivity index (χ0) is 13.2. The molecule has 0 saturated heterocycles. The Morgan fingerprint density at radius 1 is 1.26 bits per heavy atom. The SMILES string of the molecule is CC1=C(c2ccc(N)cc2)CN(c2nccs2)CC1. The van der Waals surface area contributed by atoms with Crippen molar-refractivity contribution in [2.45, 2.75) is 13.3 Å². The van der Waals surface area contributed by atoms with E-state index in [4.69, 9.17) is 5.73 Å². The van der Waals surface area contributed by atoms with E-state index in [-0.39, 0.29) is 0 Å². The van der Waals surface area contributed by atoms with E-state index in [0.29, 0.717) is 0 Å². The standard InChI is InChI=1S/C15H17N3S/c1-11-6-8-18(15-17-7-9-19-15)10-14(11)12-2-4-13(16)5-3-12/h2-5,7,9H,6,8,10,16H2,1H3. The molecule has 0 radical (unpaired) electrons. The van der Waals surface area contributed by atoms with Gasteiger partial charge in [0.2, 0.25) is 0 Å². The second kappa shape index (κ2) is 5.05. The van der Waals surface area contributed by atoms with Crippen molar-refractivity contribution in [2.24, 2.45) is 0 Å². The number of anilines is 2. The molecule has 2 heterocycles. The van der Waals surface area contributed by atoms with E-state index in [1.54, 1.807) is 11.3 Å². The summed E-state index contributed by atoms with van der Waals surface area (Å²) < 4.78 is 0. The lowest BCUT2D eigenvalue weighted by Gasteiger charge is -2.30. The first kappa shape index (κ1) is 12.2. The van der Waals surface area contributed by atoms with Crippen molar-refractivity contribution < 1.29 is 0 Å². The van der Waals surface area contributed by atoms with Gasteiger partial charge in [-0.15, -0.1) is 11.3 Å². The monoisotopic (exact) mass is 271 g/mol. The van der Waals surface area contributed by atoms with Crippen molar-refractivity contribution in [2.75, 3.05) is 23.7 Å². The van der Waals surface area contributed by atoms with Crippen molar-refractivity contribution >= 4 is 27.7 Å². The molecule has 1 aliphatic rings. The predicted molar refractivity (Wildman–Crippen MR) is 82.4 cm³/mol. The lowest BCUT2D eigenvalue weighted by Crippen LogP contribution is -2.30. The summed E-state index contributed by atoms with van der Waals surface area (Å²) in [6, 6.07) is 8.16. The summed E-state index contributed by atoms with van der Waals surface area (Å²) in [6.45, 7) is 4.21. The van der Waals surface area contributed by atoms with Gasteiger partial charge >= 0.3 is 0 Å². The number of hydrogen-bond donors (Lipinski definition) is 1. The maximum absolute atomic E-state index is 5.76. The summed E-state index contributed by atoms with van der Waals surface area (Å²) in [5.74, 6) is 0. The number of rotatable bonds is 2. The maximum Gasteiger partial charge on any atom is 0.185 e. The average molecular weight is 271 g/mol. The van der Waals surface area contributed by atoms with E-state index in [9.17, 15) is 0 Å². The molecule has 2 aromatic rings. The molecular formula is C15H17N3S. The number of nitrogen functional groups attached to an aromatic ring is 1. The highest BCUT2D eigenvalue weighted by molar-refractivity contribution is 7.13. The lowest BCUT2D eigenvalue weighted by atomic mass is 9.95. The van der Waals surface area contributed by atoms with Gasteiger partial charge in [0, 0.05) is 30.4 Å². The van der Waals surface area contributed by atoms with Crippen LogP contribution in [0, 0.1) is 0 Å². The van der Waals surface area contributed by atoms with Crippen LogP contribution in [-0.4, -0.2) is 18.1 Å². The first-order chi connectivity index (χ1) is 9.24. The fraction of sp³-hybridized carbons (Fsp3) is 0.267. The van der Waals surface area contributed by atoms with Crippen LogP contribution >= 0.6 is 11.3 Å². The van der Waals surface area contributed by atoms with Gasteiger partial charge in [0.1, 0.15) is 0 Å². The topological polar surface area (TPSA) is 42.1 Å². The summed E-state index contributed by atoms with van der Waals surface area (Å²) in [5.41, 5.74) is 10.7. The quantitative estimate of drug-likeness (QED) is 0.851. The van der Waals surface area contributed by atoms with Crippen molar-refractivity contribution in [1.29, 1.82) is 0 Å². The van der Waals surface area contributed by atoms with Crippen molar-refractivity contribution in [3.63, 3.8) is 0 Å². The Balaban J connectivity index is 1.89. The predicted octanol–water partition coefficient (Wildman–Crippen LogP) is 3.41. The molecule has 98 valence electrons. The fourth-order valence-electron chi connectivity index (χ4n) is 2.42. The van der Waals surface area contributed by atoms with E-state index in [1.807, 2.05) is 23.7 Å². The molecule has 19 heavy (non-hydrogen) atoms. The van der Waals surface area contributed by atoms with E-state index in [0.717, 1.165) is 30.3 Å². The Labute approximate surface area is 117 Å². The second-order valence-corrected chi connectivity index (χ2v) is 5.74. The summed E-state index contributed by atoms with van der Waals surface area (Å²) in [7, 11) is 0. The zero-order valence-corrected chi connectivity index (χ0v) is 11.8.